The van der Waals surface area contributed by atoms with E-state index in [0.717, 1.165) is 21.4 Å². The summed E-state index contributed by atoms with van der Waals surface area (Å²) in [5.74, 6) is 1.07. The van der Waals surface area contributed by atoms with Crippen LogP contribution in [0.1, 0.15) is 31.3 Å². The summed E-state index contributed by atoms with van der Waals surface area (Å²) in [6.45, 7) is 4.48. The monoisotopic (exact) mass is 342 g/mol. The first-order valence-electron chi connectivity index (χ1n) is 6.45. The van der Waals surface area contributed by atoms with Gasteiger partial charge in [-0.1, -0.05) is 48.8 Å². The Labute approximate surface area is 138 Å². The molecular formula is C14H16Cl2N4S. The molecule has 0 aliphatic heterocycles. The molecule has 4 nitrogen and oxygen atoms in total. The predicted molar refractivity (Wildman–Crippen MR) is 86.7 cm³/mol. The Kier molecular flexibility index (Phi) is 5.30. The van der Waals surface area contributed by atoms with Gasteiger partial charge in [-0.05, 0) is 24.1 Å². The van der Waals surface area contributed by atoms with Crippen LogP contribution in [0, 0.1) is 5.53 Å². The fourth-order valence-electron chi connectivity index (χ4n) is 1.96. The molecule has 1 N–H and O–H groups in total. The lowest BCUT2D eigenvalue weighted by Crippen LogP contribution is -1.97. The highest BCUT2D eigenvalue weighted by Crippen LogP contribution is 2.36. The number of aromatic nitrogens is 2. The van der Waals surface area contributed by atoms with Crippen LogP contribution >= 0.6 is 35.0 Å². The minimum atomic E-state index is 0.285. The van der Waals surface area contributed by atoms with E-state index in [2.05, 4.69) is 23.9 Å². The summed E-state index contributed by atoms with van der Waals surface area (Å²) < 4.78 is 1.98. The first-order valence-corrected chi connectivity index (χ1v) is 8.02. The van der Waals surface area contributed by atoms with Crippen molar-refractivity contribution in [1.82, 2.24) is 9.55 Å². The van der Waals surface area contributed by atoms with Gasteiger partial charge < -0.3 is 4.57 Å². The van der Waals surface area contributed by atoms with Crippen LogP contribution in [0.5, 0.6) is 0 Å². The summed E-state index contributed by atoms with van der Waals surface area (Å²) in [5, 5.41) is 5.68. The van der Waals surface area contributed by atoms with E-state index in [1.54, 1.807) is 17.8 Å². The van der Waals surface area contributed by atoms with Crippen LogP contribution in [0.15, 0.2) is 33.2 Å². The molecule has 0 aliphatic carbocycles. The standard InChI is InChI=1S/C14H16Cl2N4S/c1-8(2)13-14(20(3)12(19-13)7-18-17)21-11-5-9(15)4-10(16)6-11/h4-6,8,17H,7H2,1-3H3. The van der Waals surface area contributed by atoms with E-state index in [0.29, 0.717) is 10.0 Å². The largest absolute Gasteiger partial charge is 0.324 e. The number of nitrogens with one attached hydrogen (secondary N) is 1. The maximum Gasteiger partial charge on any atom is 0.133 e. The lowest BCUT2D eigenvalue weighted by molar-refractivity contribution is 0.716. The summed E-state index contributed by atoms with van der Waals surface area (Å²) in [5.41, 5.74) is 8.03. The van der Waals surface area contributed by atoms with Gasteiger partial charge in [0.1, 0.15) is 17.4 Å². The molecule has 2 aromatic rings. The van der Waals surface area contributed by atoms with E-state index in [9.17, 15) is 0 Å². The van der Waals surface area contributed by atoms with Gasteiger partial charge in [-0.2, -0.15) is 5.11 Å². The number of hydrogen-bond donors (Lipinski definition) is 1. The number of halogens is 2. The minimum absolute atomic E-state index is 0.285. The van der Waals surface area contributed by atoms with E-state index in [1.807, 2.05) is 23.7 Å². The quantitative estimate of drug-likeness (QED) is 0.726. The van der Waals surface area contributed by atoms with Crippen LogP contribution in [0.3, 0.4) is 0 Å². The van der Waals surface area contributed by atoms with Gasteiger partial charge in [0.15, 0.2) is 0 Å². The smallest absolute Gasteiger partial charge is 0.133 e. The number of benzene rings is 1. The fraction of sp³-hybridized carbons (Fsp3) is 0.357. The molecule has 0 saturated heterocycles. The molecule has 0 saturated carbocycles. The minimum Gasteiger partial charge on any atom is -0.324 e. The van der Waals surface area contributed by atoms with E-state index in [1.165, 1.54) is 0 Å². The molecule has 1 aromatic heterocycles. The summed E-state index contributed by atoms with van der Waals surface area (Å²) in [6, 6.07) is 5.47. The highest BCUT2D eigenvalue weighted by atomic mass is 35.5. The lowest BCUT2D eigenvalue weighted by atomic mass is 10.2. The highest BCUT2D eigenvalue weighted by Gasteiger charge is 2.18. The molecule has 0 bridgehead atoms. The molecule has 0 unspecified atom stereocenters. The molecule has 1 aromatic carbocycles. The zero-order valence-electron chi connectivity index (χ0n) is 12.0. The second kappa shape index (κ2) is 6.81. The van der Waals surface area contributed by atoms with Crippen LogP contribution in [0.2, 0.25) is 10.0 Å². The Morgan fingerprint density at radius 3 is 2.43 bits per heavy atom. The van der Waals surface area contributed by atoms with Gasteiger partial charge in [0, 0.05) is 22.0 Å². The zero-order valence-corrected chi connectivity index (χ0v) is 14.4. The first-order chi connectivity index (χ1) is 9.92. The van der Waals surface area contributed by atoms with Gasteiger partial charge in [-0.15, -0.1) is 0 Å². The van der Waals surface area contributed by atoms with E-state index in [4.69, 9.17) is 28.7 Å². The summed E-state index contributed by atoms with van der Waals surface area (Å²) >= 11 is 13.7. The van der Waals surface area contributed by atoms with Crippen molar-refractivity contribution in [3.8, 4) is 0 Å². The topological polar surface area (TPSA) is 54.0 Å². The van der Waals surface area contributed by atoms with Gasteiger partial charge in [-0.3, -0.25) is 0 Å². The van der Waals surface area contributed by atoms with Gasteiger partial charge in [0.25, 0.3) is 0 Å². The molecule has 0 aliphatic rings. The third kappa shape index (κ3) is 3.78. The Morgan fingerprint density at radius 1 is 1.29 bits per heavy atom. The number of hydrogen-bond acceptors (Lipinski definition) is 4. The SMILES string of the molecule is CC(C)c1nc(CN=N)n(C)c1Sc1cc(Cl)cc(Cl)c1. The molecular weight excluding hydrogens is 327 g/mol. The Bertz CT molecular complexity index is 647. The molecule has 112 valence electrons. The third-order valence-electron chi connectivity index (χ3n) is 2.98. The van der Waals surface area contributed by atoms with Gasteiger partial charge in [0.05, 0.1) is 5.69 Å². The second-order valence-corrected chi connectivity index (χ2v) is 6.89. The van der Waals surface area contributed by atoms with E-state index in [-0.39, 0.29) is 12.5 Å². The molecule has 7 heteroatoms. The van der Waals surface area contributed by atoms with Crippen LogP contribution < -0.4 is 0 Å². The maximum atomic E-state index is 7.03. The van der Waals surface area contributed by atoms with E-state index >= 15 is 0 Å². The van der Waals surface area contributed by atoms with Crippen LogP contribution in [0.4, 0.5) is 0 Å². The van der Waals surface area contributed by atoms with Crippen molar-refractivity contribution >= 4 is 35.0 Å². The van der Waals surface area contributed by atoms with Gasteiger partial charge >= 0.3 is 0 Å². The molecule has 2 rings (SSSR count). The zero-order chi connectivity index (χ0) is 15.6. The second-order valence-electron chi connectivity index (χ2n) is 4.96. The van der Waals surface area contributed by atoms with Crippen molar-refractivity contribution in [2.45, 2.75) is 36.2 Å². The fourth-order valence-corrected chi connectivity index (χ4v) is 3.84. The van der Waals surface area contributed by atoms with E-state index < -0.39 is 0 Å². The first kappa shape index (κ1) is 16.3. The predicted octanol–water partition coefficient (Wildman–Crippen LogP) is 5.53. The average molecular weight is 343 g/mol. The van der Waals surface area contributed by atoms with Crippen molar-refractivity contribution in [3.63, 3.8) is 0 Å². The van der Waals surface area contributed by atoms with Gasteiger partial charge in [0.2, 0.25) is 0 Å². The number of rotatable bonds is 5. The summed E-state index contributed by atoms with van der Waals surface area (Å²) in [4.78, 5) is 5.57. The Morgan fingerprint density at radius 2 is 1.90 bits per heavy atom. The van der Waals surface area contributed by atoms with Gasteiger partial charge in [-0.25, -0.2) is 10.5 Å². The molecule has 0 amide bonds. The summed E-state index contributed by atoms with van der Waals surface area (Å²) in [7, 11) is 1.94. The Balaban J connectivity index is 2.44. The van der Waals surface area contributed by atoms with Crippen molar-refractivity contribution in [3.05, 3.63) is 39.8 Å². The number of imidazole rings is 1. The third-order valence-corrected chi connectivity index (χ3v) is 4.56. The van der Waals surface area contributed by atoms with Crippen molar-refractivity contribution in [1.29, 1.82) is 5.53 Å². The lowest BCUT2D eigenvalue weighted by Gasteiger charge is -2.09. The van der Waals surface area contributed by atoms with Crippen molar-refractivity contribution in [2.75, 3.05) is 0 Å². The summed E-state index contributed by atoms with van der Waals surface area (Å²) in [6.07, 6.45) is 0. The molecule has 0 fully saturated rings. The van der Waals surface area contributed by atoms with Crippen LogP contribution in [0.25, 0.3) is 0 Å². The maximum absolute atomic E-state index is 7.03. The molecule has 0 spiro atoms. The normalized spacial score (nSPS) is 11.1. The number of nitrogens with zero attached hydrogens (tertiary/aromatic N) is 3. The highest BCUT2D eigenvalue weighted by molar-refractivity contribution is 7.99. The molecule has 21 heavy (non-hydrogen) atoms. The van der Waals surface area contributed by atoms with Crippen molar-refractivity contribution < 1.29 is 0 Å². The molecule has 1 heterocycles. The van der Waals surface area contributed by atoms with Crippen LogP contribution in [-0.2, 0) is 13.6 Å². The van der Waals surface area contributed by atoms with Crippen LogP contribution in [-0.4, -0.2) is 9.55 Å². The Hall–Kier alpha value is -1.04. The van der Waals surface area contributed by atoms with Crippen molar-refractivity contribution in [2.24, 2.45) is 12.2 Å². The average Bonchev–Trinajstić information content (AvgIpc) is 2.67. The molecule has 0 radical (unpaired) electrons. The molecule has 0 atom stereocenters.